The Morgan fingerprint density at radius 2 is 1.93 bits per heavy atom. The molecular formula is C20H11BrFIN2O4. The van der Waals surface area contributed by atoms with Crippen molar-refractivity contribution in [3.63, 3.8) is 0 Å². The molecule has 0 spiro atoms. The molecule has 6 nitrogen and oxygen atoms in total. The molecule has 0 aliphatic carbocycles. The molecule has 0 unspecified atom stereocenters. The van der Waals surface area contributed by atoms with Gasteiger partial charge in [-0.1, -0.05) is 5.92 Å². The van der Waals surface area contributed by atoms with Gasteiger partial charge >= 0.3 is 6.03 Å². The SMILES string of the molecule is C#CCOc1c(Br)cc(/C=C2\C(=O)NC(=O)N(c3ccc(F)cc3)C2=O)cc1I. The third kappa shape index (κ3) is 4.49. The molecule has 9 heteroatoms. The predicted octanol–water partition coefficient (Wildman–Crippen LogP) is 3.87. The third-order valence-corrected chi connectivity index (χ3v) is 5.21. The standard InChI is InChI=1S/C20H11BrFIN2O4/c1-2-7-29-17-15(21)9-11(10-16(17)23)8-14-18(26)24-20(28)25(19(14)27)13-5-3-12(22)4-6-13/h1,3-6,8-10H,7H2,(H,24,26,28)/b14-8+. The normalized spacial score (nSPS) is 15.3. The minimum absolute atomic E-state index is 0.0880. The maximum atomic E-state index is 13.2. The van der Waals surface area contributed by atoms with Gasteiger partial charge in [0.1, 0.15) is 23.7 Å². The van der Waals surface area contributed by atoms with Crippen molar-refractivity contribution in [1.29, 1.82) is 0 Å². The zero-order valence-corrected chi connectivity index (χ0v) is 18.3. The molecule has 2 aromatic carbocycles. The van der Waals surface area contributed by atoms with Crippen LogP contribution in [0.5, 0.6) is 5.75 Å². The van der Waals surface area contributed by atoms with E-state index in [2.05, 4.69) is 27.2 Å². The molecule has 1 aliphatic heterocycles. The fourth-order valence-corrected chi connectivity index (χ4v) is 4.33. The van der Waals surface area contributed by atoms with Crippen LogP contribution < -0.4 is 15.0 Å². The first-order chi connectivity index (χ1) is 13.8. The molecule has 1 heterocycles. The number of halogens is 3. The Bertz CT molecular complexity index is 1070. The molecule has 1 saturated heterocycles. The van der Waals surface area contributed by atoms with Crippen LogP contribution in [0.4, 0.5) is 14.9 Å². The lowest BCUT2D eigenvalue weighted by Crippen LogP contribution is -2.54. The van der Waals surface area contributed by atoms with E-state index in [1.54, 1.807) is 12.1 Å². The van der Waals surface area contributed by atoms with E-state index < -0.39 is 23.7 Å². The number of terminal acetylenes is 1. The molecule has 29 heavy (non-hydrogen) atoms. The summed E-state index contributed by atoms with van der Waals surface area (Å²) in [5, 5.41) is 2.12. The number of urea groups is 1. The van der Waals surface area contributed by atoms with Gasteiger partial charge in [-0.2, -0.15) is 0 Å². The number of anilines is 1. The predicted molar refractivity (Wildman–Crippen MR) is 117 cm³/mol. The minimum atomic E-state index is -0.905. The summed E-state index contributed by atoms with van der Waals surface area (Å²) in [5.41, 5.74) is 0.427. The number of nitrogens with one attached hydrogen (secondary N) is 1. The second-order valence-corrected chi connectivity index (χ2v) is 7.76. The Kier molecular flexibility index (Phi) is 6.34. The van der Waals surface area contributed by atoms with E-state index in [9.17, 15) is 18.8 Å². The van der Waals surface area contributed by atoms with E-state index in [1.807, 2.05) is 22.6 Å². The van der Waals surface area contributed by atoms with Crippen LogP contribution in [0.3, 0.4) is 0 Å². The molecule has 0 bridgehead atoms. The Balaban J connectivity index is 1.98. The first-order valence-electron chi connectivity index (χ1n) is 8.04. The monoisotopic (exact) mass is 568 g/mol. The molecule has 146 valence electrons. The van der Waals surface area contributed by atoms with Crippen molar-refractivity contribution in [2.75, 3.05) is 11.5 Å². The quantitative estimate of drug-likeness (QED) is 0.263. The summed E-state index contributed by atoms with van der Waals surface area (Å²) in [6.45, 7) is 0.0880. The van der Waals surface area contributed by atoms with Gasteiger partial charge in [0.15, 0.2) is 0 Å². The highest BCUT2D eigenvalue weighted by atomic mass is 127. The summed E-state index contributed by atoms with van der Waals surface area (Å²) in [7, 11) is 0. The van der Waals surface area contributed by atoms with Crippen LogP contribution in [-0.2, 0) is 9.59 Å². The van der Waals surface area contributed by atoms with Crippen molar-refractivity contribution in [3.05, 3.63) is 61.4 Å². The summed E-state index contributed by atoms with van der Waals surface area (Å²) in [5.74, 6) is 0.755. The Morgan fingerprint density at radius 3 is 2.55 bits per heavy atom. The summed E-state index contributed by atoms with van der Waals surface area (Å²) < 4.78 is 19.9. The average molecular weight is 569 g/mol. The number of barbiturate groups is 1. The van der Waals surface area contributed by atoms with Crippen molar-refractivity contribution in [3.8, 4) is 18.1 Å². The van der Waals surface area contributed by atoms with Gasteiger partial charge in [0.05, 0.1) is 13.7 Å². The molecule has 1 aliphatic rings. The van der Waals surface area contributed by atoms with E-state index in [-0.39, 0.29) is 17.9 Å². The number of rotatable bonds is 4. The van der Waals surface area contributed by atoms with Crippen molar-refractivity contribution in [1.82, 2.24) is 5.32 Å². The molecule has 0 radical (unpaired) electrons. The zero-order chi connectivity index (χ0) is 21.1. The Morgan fingerprint density at radius 1 is 1.24 bits per heavy atom. The van der Waals surface area contributed by atoms with E-state index in [0.717, 1.165) is 17.0 Å². The minimum Gasteiger partial charge on any atom is -0.479 e. The number of ether oxygens (including phenoxy) is 1. The maximum Gasteiger partial charge on any atom is 0.335 e. The van der Waals surface area contributed by atoms with Crippen LogP contribution >= 0.6 is 38.5 Å². The molecule has 0 atom stereocenters. The van der Waals surface area contributed by atoms with Crippen LogP contribution in [0, 0.1) is 21.7 Å². The van der Waals surface area contributed by atoms with E-state index in [4.69, 9.17) is 11.2 Å². The maximum absolute atomic E-state index is 13.2. The fourth-order valence-electron chi connectivity index (χ4n) is 2.56. The molecule has 0 saturated carbocycles. The second-order valence-electron chi connectivity index (χ2n) is 5.74. The number of benzene rings is 2. The lowest BCUT2D eigenvalue weighted by molar-refractivity contribution is -0.122. The topological polar surface area (TPSA) is 75.7 Å². The molecule has 3 rings (SSSR count). The number of imide groups is 2. The van der Waals surface area contributed by atoms with Crippen LogP contribution in [0.15, 0.2) is 46.4 Å². The first-order valence-corrected chi connectivity index (χ1v) is 9.91. The van der Waals surface area contributed by atoms with E-state index >= 15 is 0 Å². The number of amides is 4. The van der Waals surface area contributed by atoms with Crippen LogP contribution in [0.1, 0.15) is 5.56 Å². The van der Waals surface area contributed by atoms with Crippen molar-refractivity contribution in [2.45, 2.75) is 0 Å². The lowest BCUT2D eigenvalue weighted by atomic mass is 10.1. The number of hydrogen-bond acceptors (Lipinski definition) is 4. The van der Waals surface area contributed by atoms with Gasteiger partial charge in [-0.3, -0.25) is 14.9 Å². The third-order valence-electron chi connectivity index (χ3n) is 3.82. The Hall–Kier alpha value is -2.71. The smallest absolute Gasteiger partial charge is 0.335 e. The highest BCUT2D eigenvalue weighted by Crippen LogP contribution is 2.33. The number of carbonyl (C=O) groups is 3. The molecule has 2 aromatic rings. The van der Waals surface area contributed by atoms with Gasteiger partial charge in [0.25, 0.3) is 11.8 Å². The largest absolute Gasteiger partial charge is 0.479 e. The Labute approximate surface area is 187 Å². The molecule has 0 aromatic heterocycles. The van der Waals surface area contributed by atoms with Gasteiger partial charge in [-0.05, 0) is 86.6 Å². The zero-order valence-electron chi connectivity index (χ0n) is 14.5. The number of carbonyl (C=O) groups excluding carboxylic acids is 3. The molecular weight excluding hydrogens is 558 g/mol. The lowest BCUT2D eigenvalue weighted by Gasteiger charge is -2.26. The summed E-state index contributed by atoms with van der Waals surface area (Å²) >= 11 is 5.41. The van der Waals surface area contributed by atoms with Gasteiger partial charge in [-0.25, -0.2) is 14.1 Å². The highest BCUT2D eigenvalue weighted by Gasteiger charge is 2.36. The van der Waals surface area contributed by atoms with Crippen molar-refractivity contribution in [2.24, 2.45) is 0 Å². The summed E-state index contributed by atoms with van der Waals surface area (Å²) in [6.07, 6.45) is 6.56. The van der Waals surface area contributed by atoms with Gasteiger partial charge in [0, 0.05) is 0 Å². The van der Waals surface area contributed by atoms with Crippen LogP contribution in [0.2, 0.25) is 0 Å². The van der Waals surface area contributed by atoms with Crippen LogP contribution in [-0.4, -0.2) is 24.5 Å². The molecule has 1 N–H and O–H groups in total. The van der Waals surface area contributed by atoms with Gasteiger partial charge < -0.3 is 4.74 Å². The first kappa shape index (κ1) is 21.0. The van der Waals surface area contributed by atoms with E-state index in [1.165, 1.54) is 18.2 Å². The molecule has 4 amide bonds. The fraction of sp³-hybridized carbons (Fsp3) is 0.0500. The van der Waals surface area contributed by atoms with E-state index in [0.29, 0.717) is 19.4 Å². The number of nitrogens with zero attached hydrogens (tertiary/aromatic N) is 1. The second kappa shape index (κ2) is 8.75. The van der Waals surface area contributed by atoms with Crippen molar-refractivity contribution < 1.29 is 23.5 Å². The summed E-state index contributed by atoms with van der Waals surface area (Å²) in [6, 6.07) is 7.23. The highest BCUT2D eigenvalue weighted by molar-refractivity contribution is 14.1. The average Bonchev–Trinajstić information content (AvgIpc) is 2.66. The van der Waals surface area contributed by atoms with Gasteiger partial charge in [0.2, 0.25) is 0 Å². The molecule has 1 fully saturated rings. The van der Waals surface area contributed by atoms with Gasteiger partial charge in [-0.15, -0.1) is 6.42 Å². The summed E-state index contributed by atoms with van der Waals surface area (Å²) in [4.78, 5) is 38.0. The van der Waals surface area contributed by atoms with Crippen molar-refractivity contribution >= 4 is 68.1 Å². The number of hydrogen-bond donors (Lipinski definition) is 1. The van der Waals surface area contributed by atoms with Crippen LogP contribution in [0.25, 0.3) is 6.08 Å².